The Balaban J connectivity index is 1.74. The Morgan fingerprint density at radius 3 is 2.50 bits per heavy atom. The highest BCUT2D eigenvalue weighted by Gasteiger charge is 2.22. The first-order valence-corrected chi connectivity index (χ1v) is 8.66. The lowest BCUT2D eigenvalue weighted by Crippen LogP contribution is -2.31. The zero-order valence-electron chi connectivity index (χ0n) is 15.0. The number of H-pyrrole nitrogens is 1. The van der Waals surface area contributed by atoms with E-state index in [0.29, 0.717) is 24.5 Å². The maximum atomic E-state index is 12.7. The zero-order valence-corrected chi connectivity index (χ0v) is 15.0. The summed E-state index contributed by atoms with van der Waals surface area (Å²) in [5, 5.41) is 3.50. The molecule has 0 radical (unpaired) electrons. The number of benzene rings is 2. The molecule has 0 atom stereocenters. The number of carbonyl (C=O) groups excluding carboxylic acids is 2. The summed E-state index contributed by atoms with van der Waals surface area (Å²) in [4.78, 5) is 28.2. The lowest BCUT2D eigenvalue weighted by Gasteiger charge is -2.10. The number of aryl methyl sites for hydroxylation is 1. The van der Waals surface area contributed by atoms with Gasteiger partial charge in [-0.25, -0.2) is 0 Å². The number of amides is 1. The number of fused-ring (bicyclic) bond motifs is 1. The minimum Gasteiger partial charge on any atom is -0.377 e. The Bertz CT molecular complexity index is 943. The molecule has 1 amide bonds. The number of hydrogen-bond acceptors (Lipinski definition) is 3. The van der Waals surface area contributed by atoms with Crippen molar-refractivity contribution in [2.75, 3.05) is 6.61 Å². The van der Waals surface area contributed by atoms with E-state index in [9.17, 15) is 9.59 Å². The number of nitrogens with one attached hydrogen (secondary N) is 2. The van der Waals surface area contributed by atoms with Crippen molar-refractivity contribution in [2.45, 2.75) is 27.0 Å². The van der Waals surface area contributed by atoms with E-state index in [0.717, 1.165) is 22.0 Å². The minimum absolute atomic E-state index is 0.287. The minimum atomic E-state index is -0.607. The molecule has 1 heterocycles. The van der Waals surface area contributed by atoms with Crippen molar-refractivity contribution < 1.29 is 14.3 Å². The zero-order chi connectivity index (χ0) is 18.5. The molecule has 2 N–H and O–H groups in total. The van der Waals surface area contributed by atoms with Gasteiger partial charge in [-0.15, -0.1) is 0 Å². The molecule has 26 heavy (non-hydrogen) atoms. The Kier molecular flexibility index (Phi) is 5.49. The first-order chi connectivity index (χ1) is 12.6. The lowest BCUT2D eigenvalue weighted by atomic mass is 10.1. The standard InChI is InChI=1S/C21H22N2O3/c1-3-26-13-16-9-5-4-8-15(16)12-22-21(25)20(24)19-14(2)23-18-11-7-6-10-17(18)19/h4-11,23H,3,12-13H2,1-2H3,(H,22,25). The molecule has 0 bridgehead atoms. The molecule has 0 spiro atoms. The normalized spacial score (nSPS) is 10.8. The van der Waals surface area contributed by atoms with E-state index in [1.165, 1.54) is 0 Å². The van der Waals surface area contributed by atoms with Crippen LogP contribution in [-0.4, -0.2) is 23.3 Å². The number of ketones is 1. The molecule has 5 heteroatoms. The predicted molar refractivity (Wildman–Crippen MR) is 101 cm³/mol. The van der Waals surface area contributed by atoms with Gasteiger partial charge in [0.15, 0.2) is 0 Å². The molecule has 0 aliphatic heterocycles. The van der Waals surface area contributed by atoms with E-state index in [1.807, 2.05) is 55.5 Å². The third-order valence-electron chi connectivity index (χ3n) is 4.35. The molecule has 0 saturated carbocycles. The van der Waals surface area contributed by atoms with Crippen LogP contribution in [0.5, 0.6) is 0 Å². The van der Waals surface area contributed by atoms with Gasteiger partial charge in [0.05, 0.1) is 12.2 Å². The van der Waals surface area contributed by atoms with Gasteiger partial charge in [0.1, 0.15) is 0 Å². The van der Waals surface area contributed by atoms with Gasteiger partial charge in [0.2, 0.25) is 0 Å². The van der Waals surface area contributed by atoms with Gasteiger partial charge in [-0.2, -0.15) is 0 Å². The third-order valence-corrected chi connectivity index (χ3v) is 4.35. The fourth-order valence-electron chi connectivity index (χ4n) is 3.02. The first-order valence-electron chi connectivity index (χ1n) is 8.66. The quantitative estimate of drug-likeness (QED) is 0.506. The number of Topliss-reactive ketones (excluding diaryl/α,β-unsaturated/α-hetero) is 1. The number of hydrogen-bond donors (Lipinski definition) is 2. The van der Waals surface area contributed by atoms with Crippen molar-refractivity contribution in [1.82, 2.24) is 10.3 Å². The molecule has 0 aliphatic carbocycles. The number of aromatic nitrogens is 1. The van der Waals surface area contributed by atoms with Crippen molar-refractivity contribution in [3.05, 3.63) is 70.9 Å². The van der Waals surface area contributed by atoms with Crippen LogP contribution in [0.25, 0.3) is 10.9 Å². The van der Waals surface area contributed by atoms with Gasteiger partial charge in [-0.05, 0) is 31.0 Å². The largest absolute Gasteiger partial charge is 0.377 e. The molecular weight excluding hydrogens is 328 g/mol. The highest BCUT2D eigenvalue weighted by molar-refractivity contribution is 6.45. The van der Waals surface area contributed by atoms with E-state index in [-0.39, 0.29) is 6.54 Å². The van der Waals surface area contributed by atoms with Crippen LogP contribution in [0, 0.1) is 6.92 Å². The summed E-state index contributed by atoms with van der Waals surface area (Å²) < 4.78 is 5.45. The van der Waals surface area contributed by atoms with E-state index >= 15 is 0 Å². The Labute approximate surface area is 152 Å². The number of aromatic amines is 1. The van der Waals surface area contributed by atoms with Gasteiger partial charge in [0.25, 0.3) is 11.7 Å². The molecule has 2 aromatic carbocycles. The Morgan fingerprint density at radius 1 is 1.04 bits per heavy atom. The maximum absolute atomic E-state index is 12.7. The number of ether oxygens (including phenoxy) is 1. The van der Waals surface area contributed by atoms with E-state index in [2.05, 4.69) is 10.3 Å². The van der Waals surface area contributed by atoms with Gasteiger partial charge in [-0.3, -0.25) is 9.59 Å². The van der Waals surface area contributed by atoms with Crippen molar-refractivity contribution in [1.29, 1.82) is 0 Å². The summed E-state index contributed by atoms with van der Waals surface area (Å²) in [6.07, 6.45) is 0. The fraction of sp³-hybridized carbons (Fsp3) is 0.238. The van der Waals surface area contributed by atoms with Gasteiger partial charge >= 0.3 is 0 Å². The Morgan fingerprint density at radius 2 is 1.73 bits per heavy atom. The number of carbonyl (C=O) groups is 2. The average Bonchev–Trinajstić information content (AvgIpc) is 3.00. The van der Waals surface area contributed by atoms with Gasteiger partial charge in [0, 0.05) is 29.7 Å². The average molecular weight is 350 g/mol. The summed E-state index contributed by atoms with van der Waals surface area (Å²) in [5.74, 6) is -1.13. The van der Waals surface area contributed by atoms with Crippen molar-refractivity contribution in [3.63, 3.8) is 0 Å². The van der Waals surface area contributed by atoms with Crippen molar-refractivity contribution in [2.24, 2.45) is 0 Å². The highest BCUT2D eigenvalue weighted by atomic mass is 16.5. The monoisotopic (exact) mass is 350 g/mol. The summed E-state index contributed by atoms with van der Waals surface area (Å²) in [6.45, 7) is 5.14. The van der Waals surface area contributed by atoms with Crippen LogP contribution in [0.15, 0.2) is 48.5 Å². The second kappa shape index (κ2) is 7.97. The molecule has 0 saturated heterocycles. The molecule has 0 aliphatic rings. The summed E-state index contributed by atoms with van der Waals surface area (Å²) in [6, 6.07) is 15.2. The molecule has 134 valence electrons. The second-order valence-electron chi connectivity index (χ2n) is 6.09. The molecule has 5 nitrogen and oxygen atoms in total. The lowest BCUT2D eigenvalue weighted by molar-refractivity contribution is -0.117. The van der Waals surface area contributed by atoms with E-state index in [1.54, 1.807) is 6.92 Å². The van der Waals surface area contributed by atoms with Crippen LogP contribution >= 0.6 is 0 Å². The van der Waals surface area contributed by atoms with Crippen LogP contribution in [0.2, 0.25) is 0 Å². The van der Waals surface area contributed by atoms with Crippen LogP contribution < -0.4 is 5.32 Å². The van der Waals surface area contributed by atoms with E-state index < -0.39 is 11.7 Å². The summed E-state index contributed by atoms with van der Waals surface area (Å²) in [5.41, 5.74) is 3.93. The van der Waals surface area contributed by atoms with Crippen LogP contribution in [0.3, 0.4) is 0 Å². The Hall–Kier alpha value is -2.92. The van der Waals surface area contributed by atoms with E-state index in [4.69, 9.17) is 4.74 Å². The first kappa shape index (κ1) is 17.9. The molecular formula is C21H22N2O3. The summed E-state index contributed by atoms with van der Waals surface area (Å²) >= 11 is 0. The number of para-hydroxylation sites is 1. The van der Waals surface area contributed by atoms with Crippen LogP contribution in [0.4, 0.5) is 0 Å². The van der Waals surface area contributed by atoms with Crippen LogP contribution in [0.1, 0.15) is 34.1 Å². The van der Waals surface area contributed by atoms with Crippen molar-refractivity contribution in [3.8, 4) is 0 Å². The molecule has 1 aromatic heterocycles. The third kappa shape index (κ3) is 3.68. The van der Waals surface area contributed by atoms with Crippen LogP contribution in [-0.2, 0) is 22.7 Å². The molecule has 0 unspecified atom stereocenters. The fourth-order valence-corrected chi connectivity index (χ4v) is 3.02. The number of rotatable bonds is 7. The van der Waals surface area contributed by atoms with Crippen molar-refractivity contribution >= 4 is 22.6 Å². The molecule has 3 aromatic rings. The summed E-state index contributed by atoms with van der Waals surface area (Å²) in [7, 11) is 0. The highest BCUT2D eigenvalue weighted by Crippen LogP contribution is 2.22. The SMILES string of the molecule is CCOCc1ccccc1CNC(=O)C(=O)c1c(C)[nH]c2ccccc12. The smallest absolute Gasteiger partial charge is 0.292 e. The molecule has 0 fully saturated rings. The maximum Gasteiger partial charge on any atom is 0.292 e. The van der Waals surface area contributed by atoms with Gasteiger partial charge in [-0.1, -0.05) is 42.5 Å². The molecule has 3 rings (SSSR count). The van der Waals surface area contributed by atoms with Gasteiger partial charge < -0.3 is 15.0 Å². The predicted octanol–water partition coefficient (Wildman–Crippen LogP) is 3.51. The second-order valence-corrected chi connectivity index (χ2v) is 6.09. The topological polar surface area (TPSA) is 71.2 Å².